The van der Waals surface area contributed by atoms with Crippen molar-refractivity contribution in [3.8, 4) is 0 Å². The molecule has 4 N–H and O–H groups in total. The van der Waals surface area contributed by atoms with Crippen molar-refractivity contribution in [1.82, 2.24) is 10.6 Å². The molecule has 0 radical (unpaired) electrons. The Hall–Kier alpha value is -0.390. The first-order chi connectivity index (χ1) is 8.63. The molecule has 0 saturated carbocycles. The molecule has 0 amide bonds. The molecular weight excluding hydrogens is 258 g/mol. The van der Waals surface area contributed by atoms with Gasteiger partial charge in [-0.15, -0.1) is 0 Å². The van der Waals surface area contributed by atoms with Crippen LogP contribution in [0.4, 0.5) is 0 Å². The highest BCUT2D eigenvalue weighted by atomic mass is 32.1. The normalized spacial score (nSPS) is 23.7. The fourth-order valence-corrected chi connectivity index (χ4v) is 3.73. The summed E-state index contributed by atoms with van der Waals surface area (Å²) in [5.41, 5.74) is 0.514. The van der Waals surface area contributed by atoms with Crippen LogP contribution in [0.3, 0.4) is 0 Å². The number of nitrogens with two attached hydrogens (primary N) is 1. The summed E-state index contributed by atoms with van der Waals surface area (Å²) in [5.74, 6) is 0. The maximum atomic E-state index is 5.39. The standard InChI is InChI=1S/C14H29N3OS/c1-10(9-18-6)15-12(19)16-11-7-13(2,3)17-14(4,5)8-11/h10-11,17H,7-9H2,1-6H3,(H2,15,16,19)/p+1/t10-/m0/s1. The monoisotopic (exact) mass is 288 g/mol. The van der Waals surface area contributed by atoms with Gasteiger partial charge >= 0.3 is 0 Å². The Morgan fingerprint density at radius 3 is 2.32 bits per heavy atom. The van der Waals surface area contributed by atoms with Crippen molar-refractivity contribution in [2.45, 2.75) is 70.6 Å². The zero-order valence-electron chi connectivity index (χ0n) is 13.2. The van der Waals surface area contributed by atoms with Gasteiger partial charge in [0.1, 0.15) is 0 Å². The number of methoxy groups -OCH3 is 1. The topological polar surface area (TPSA) is 49.9 Å². The number of quaternary nitrogens is 1. The molecule has 1 heterocycles. The highest BCUT2D eigenvalue weighted by Gasteiger charge is 2.41. The van der Waals surface area contributed by atoms with Crippen LogP contribution in [-0.2, 0) is 4.74 Å². The molecule has 1 aliphatic heterocycles. The molecule has 0 aromatic carbocycles. The van der Waals surface area contributed by atoms with Crippen LogP contribution in [0.25, 0.3) is 0 Å². The van der Waals surface area contributed by atoms with Crippen LogP contribution in [0.15, 0.2) is 0 Å². The number of ether oxygens (including phenoxy) is 1. The lowest BCUT2D eigenvalue weighted by molar-refractivity contribution is -0.787. The molecule has 0 aromatic heterocycles. The van der Waals surface area contributed by atoms with Crippen LogP contribution in [-0.4, -0.2) is 42.0 Å². The molecule has 0 aliphatic carbocycles. The zero-order valence-corrected chi connectivity index (χ0v) is 14.0. The molecule has 112 valence electrons. The Bertz CT molecular complexity index is 302. The summed E-state index contributed by atoms with van der Waals surface area (Å²) >= 11 is 5.39. The van der Waals surface area contributed by atoms with E-state index in [0.29, 0.717) is 12.6 Å². The number of hydrogen-bond donors (Lipinski definition) is 3. The van der Waals surface area contributed by atoms with Crippen LogP contribution in [0, 0.1) is 0 Å². The van der Waals surface area contributed by atoms with E-state index in [1.807, 2.05) is 0 Å². The zero-order chi connectivity index (χ0) is 14.7. The SMILES string of the molecule is COC[C@H](C)NC(=S)NC1CC(C)(C)[NH2+]C(C)(C)C1. The van der Waals surface area contributed by atoms with Gasteiger partial charge in [0, 0.05) is 32.0 Å². The molecule has 1 atom stereocenters. The number of hydrogen-bond acceptors (Lipinski definition) is 2. The van der Waals surface area contributed by atoms with Crippen LogP contribution in [0.5, 0.6) is 0 Å². The van der Waals surface area contributed by atoms with E-state index < -0.39 is 0 Å². The Morgan fingerprint density at radius 1 is 1.32 bits per heavy atom. The van der Waals surface area contributed by atoms with Gasteiger partial charge in [0.2, 0.25) is 0 Å². The highest BCUT2D eigenvalue weighted by Crippen LogP contribution is 2.21. The summed E-state index contributed by atoms with van der Waals surface area (Å²) in [6, 6.07) is 0.672. The Labute approximate surface area is 123 Å². The second-order valence-corrected chi connectivity index (χ2v) is 7.61. The second-order valence-electron chi connectivity index (χ2n) is 7.20. The number of thiocarbonyl (C=S) groups is 1. The number of piperidine rings is 1. The summed E-state index contributed by atoms with van der Waals surface area (Å²) in [6.07, 6.45) is 2.24. The van der Waals surface area contributed by atoms with Gasteiger partial charge in [-0.3, -0.25) is 0 Å². The summed E-state index contributed by atoms with van der Waals surface area (Å²) in [6.45, 7) is 11.9. The Balaban J connectivity index is 2.49. The second kappa shape index (κ2) is 6.37. The van der Waals surface area contributed by atoms with Crippen molar-refractivity contribution in [2.24, 2.45) is 0 Å². The Kier molecular flexibility index (Phi) is 5.59. The lowest BCUT2D eigenvalue weighted by atomic mass is 9.80. The minimum absolute atomic E-state index is 0.237. The van der Waals surface area contributed by atoms with Gasteiger partial charge in [0.25, 0.3) is 0 Å². The molecule has 0 unspecified atom stereocenters. The maximum absolute atomic E-state index is 5.39. The third-order valence-electron chi connectivity index (χ3n) is 3.46. The maximum Gasteiger partial charge on any atom is 0.166 e. The first-order valence-electron chi connectivity index (χ1n) is 7.06. The van der Waals surface area contributed by atoms with E-state index in [1.165, 1.54) is 0 Å². The summed E-state index contributed by atoms with van der Waals surface area (Å²) in [7, 11) is 1.71. The van der Waals surface area contributed by atoms with Crippen molar-refractivity contribution in [3.05, 3.63) is 0 Å². The van der Waals surface area contributed by atoms with E-state index in [1.54, 1.807) is 7.11 Å². The minimum atomic E-state index is 0.237. The van der Waals surface area contributed by atoms with E-state index in [2.05, 4.69) is 50.6 Å². The third kappa shape index (κ3) is 6.06. The molecule has 19 heavy (non-hydrogen) atoms. The predicted molar refractivity (Wildman–Crippen MR) is 83.3 cm³/mol. The quantitative estimate of drug-likeness (QED) is 0.669. The molecule has 1 aliphatic rings. The van der Waals surface area contributed by atoms with Gasteiger partial charge in [-0.2, -0.15) is 0 Å². The summed E-state index contributed by atoms with van der Waals surface area (Å²) in [4.78, 5) is 0. The van der Waals surface area contributed by atoms with Crippen LogP contribution in [0.1, 0.15) is 47.5 Å². The lowest BCUT2D eigenvalue weighted by Crippen LogP contribution is -3.06. The first-order valence-corrected chi connectivity index (χ1v) is 7.47. The first kappa shape index (κ1) is 16.7. The van der Waals surface area contributed by atoms with E-state index >= 15 is 0 Å². The van der Waals surface area contributed by atoms with Crippen LogP contribution < -0.4 is 16.0 Å². The van der Waals surface area contributed by atoms with Crippen molar-refractivity contribution in [2.75, 3.05) is 13.7 Å². The van der Waals surface area contributed by atoms with Crippen LogP contribution in [0.2, 0.25) is 0 Å². The largest absolute Gasteiger partial charge is 0.383 e. The van der Waals surface area contributed by atoms with Crippen molar-refractivity contribution < 1.29 is 10.1 Å². The molecule has 0 bridgehead atoms. The molecule has 1 fully saturated rings. The molecular formula is C14H30N3OS+. The fraction of sp³-hybridized carbons (Fsp3) is 0.929. The smallest absolute Gasteiger partial charge is 0.166 e. The number of nitrogens with one attached hydrogen (secondary N) is 2. The van der Waals surface area contributed by atoms with Gasteiger partial charge in [-0.25, -0.2) is 0 Å². The van der Waals surface area contributed by atoms with Gasteiger partial charge in [0.05, 0.1) is 17.7 Å². The number of rotatable bonds is 4. The molecule has 5 heteroatoms. The molecule has 1 saturated heterocycles. The van der Waals surface area contributed by atoms with E-state index in [9.17, 15) is 0 Å². The lowest BCUT2D eigenvalue weighted by Gasteiger charge is -2.43. The van der Waals surface area contributed by atoms with Gasteiger partial charge < -0.3 is 20.7 Å². The molecule has 4 nitrogen and oxygen atoms in total. The summed E-state index contributed by atoms with van der Waals surface area (Å²) in [5, 5.41) is 9.95. The van der Waals surface area contributed by atoms with Gasteiger partial charge in [-0.05, 0) is 46.8 Å². The molecule has 0 spiro atoms. The van der Waals surface area contributed by atoms with Gasteiger partial charge in [-0.1, -0.05) is 0 Å². The predicted octanol–water partition coefficient (Wildman–Crippen LogP) is 0.768. The van der Waals surface area contributed by atoms with E-state index in [-0.39, 0.29) is 17.1 Å². The fourth-order valence-electron chi connectivity index (χ4n) is 3.36. The van der Waals surface area contributed by atoms with E-state index in [0.717, 1.165) is 18.0 Å². The van der Waals surface area contributed by atoms with E-state index in [4.69, 9.17) is 17.0 Å². The summed E-state index contributed by atoms with van der Waals surface area (Å²) < 4.78 is 5.11. The third-order valence-corrected chi connectivity index (χ3v) is 3.69. The van der Waals surface area contributed by atoms with Gasteiger partial charge in [0.15, 0.2) is 5.11 Å². The van der Waals surface area contributed by atoms with Crippen molar-refractivity contribution in [3.63, 3.8) is 0 Å². The van der Waals surface area contributed by atoms with Crippen LogP contribution >= 0.6 is 12.2 Å². The average Bonchev–Trinajstić information content (AvgIpc) is 2.10. The molecule has 0 aromatic rings. The average molecular weight is 288 g/mol. The van der Waals surface area contributed by atoms with Crippen molar-refractivity contribution >= 4 is 17.3 Å². The molecule has 1 rings (SSSR count). The Morgan fingerprint density at radius 2 is 1.84 bits per heavy atom. The highest BCUT2D eigenvalue weighted by molar-refractivity contribution is 7.80. The minimum Gasteiger partial charge on any atom is -0.383 e. The van der Waals surface area contributed by atoms with Crippen molar-refractivity contribution in [1.29, 1.82) is 0 Å².